The number of ether oxygens (including phenoxy) is 1. The molecule has 2 rings (SSSR count). The third-order valence-electron chi connectivity index (χ3n) is 5.60. The molecule has 1 aromatic heterocycles. The molecule has 1 heterocycles. The zero-order valence-electron chi connectivity index (χ0n) is 18.3. The molecule has 1 unspecified atom stereocenters. The molecule has 0 spiro atoms. The monoisotopic (exact) mass is 381 g/mol. The average Bonchev–Trinajstić information content (AvgIpc) is 2.74. The third-order valence-corrected chi connectivity index (χ3v) is 5.60. The van der Waals surface area contributed by atoms with Crippen LogP contribution in [0.25, 0.3) is 11.3 Å². The lowest BCUT2D eigenvalue weighted by molar-refractivity contribution is 0.300. The molecule has 0 aliphatic carbocycles. The van der Waals surface area contributed by atoms with Crippen LogP contribution < -0.4 is 4.74 Å². The van der Waals surface area contributed by atoms with Crippen LogP contribution in [-0.2, 0) is 6.42 Å². The summed E-state index contributed by atoms with van der Waals surface area (Å²) in [5.41, 5.74) is 3.53. The van der Waals surface area contributed by atoms with E-state index < -0.39 is 0 Å². The van der Waals surface area contributed by atoms with Gasteiger partial charge in [-0.05, 0) is 67.5 Å². The summed E-state index contributed by atoms with van der Waals surface area (Å²) in [4.78, 5) is 4.66. The molecule has 1 atom stereocenters. The van der Waals surface area contributed by atoms with Crippen LogP contribution in [-0.4, -0.2) is 11.6 Å². The molecular weight excluding hydrogens is 342 g/mol. The summed E-state index contributed by atoms with van der Waals surface area (Å²) in [6.45, 7) is 7.66. The van der Waals surface area contributed by atoms with E-state index in [0.717, 1.165) is 42.4 Å². The van der Waals surface area contributed by atoms with Crippen molar-refractivity contribution < 1.29 is 4.74 Å². The summed E-state index contributed by atoms with van der Waals surface area (Å²) in [5, 5.41) is 0. The molecule has 0 saturated heterocycles. The molecule has 28 heavy (non-hydrogen) atoms. The Morgan fingerprint density at radius 3 is 2.32 bits per heavy atom. The predicted octanol–water partition coefficient (Wildman–Crippen LogP) is 7.86. The first kappa shape index (κ1) is 22.5. The van der Waals surface area contributed by atoms with Crippen LogP contribution in [0.1, 0.15) is 84.1 Å². The van der Waals surface area contributed by atoms with Crippen LogP contribution in [0, 0.1) is 5.92 Å². The number of benzene rings is 1. The lowest BCUT2D eigenvalue weighted by Gasteiger charge is -2.09. The first-order valence-corrected chi connectivity index (χ1v) is 11.4. The smallest absolute Gasteiger partial charge is 0.119 e. The highest BCUT2D eigenvalue weighted by molar-refractivity contribution is 5.60. The highest BCUT2D eigenvalue weighted by atomic mass is 16.5. The van der Waals surface area contributed by atoms with Gasteiger partial charge in [0.15, 0.2) is 0 Å². The van der Waals surface area contributed by atoms with E-state index in [0.29, 0.717) is 0 Å². The van der Waals surface area contributed by atoms with Crippen molar-refractivity contribution in [1.82, 2.24) is 4.98 Å². The number of hydrogen-bond acceptors (Lipinski definition) is 2. The second-order valence-corrected chi connectivity index (χ2v) is 8.10. The van der Waals surface area contributed by atoms with Gasteiger partial charge < -0.3 is 4.74 Å². The summed E-state index contributed by atoms with van der Waals surface area (Å²) < 4.78 is 5.88. The Morgan fingerprint density at radius 1 is 0.857 bits per heavy atom. The first-order chi connectivity index (χ1) is 13.7. The molecule has 0 bridgehead atoms. The van der Waals surface area contributed by atoms with Gasteiger partial charge in [0.25, 0.3) is 0 Å². The fraction of sp³-hybridized carbons (Fsp3) is 0.577. The molecule has 0 saturated carbocycles. The maximum absolute atomic E-state index is 5.88. The predicted molar refractivity (Wildman–Crippen MR) is 121 cm³/mol. The number of unbranched alkanes of at least 4 members (excludes halogenated alkanes) is 5. The van der Waals surface area contributed by atoms with Gasteiger partial charge in [-0.3, -0.25) is 4.98 Å². The van der Waals surface area contributed by atoms with Gasteiger partial charge in [0, 0.05) is 11.8 Å². The summed E-state index contributed by atoms with van der Waals surface area (Å²) in [7, 11) is 0. The maximum Gasteiger partial charge on any atom is 0.119 e. The Hall–Kier alpha value is -1.83. The van der Waals surface area contributed by atoms with Crippen LogP contribution in [0.2, 0.25) is 0 Å². The van der Waals surface area contributed by atoms with Gasteiger partial charge in [-0.15, -0.1) is 0 Å². The van der Waals surface area contributed by atoms with E-state index in [4.69, 9.17) is 4.74 Å². The SMILES string of the molecule is CCCCCCCc1ccc(-c2ccc(OCCCCC(C)CC)cc2)nc1. The molecule has 0 radical (unpaired) electrons. The second-order valence-electron chi connectivity index (χ2n) is 8.10. The molecule has 2 heteroatoms. The molecular formula is C26H39NO. The lowest BCUT2D eigenvalue weighted by atomic mass is 10.0. The van der Waals surface area contributed by atoms with Gasteiger partial charge >= 0.3 is 0 Å². The van der Waals surface area contributed by atoms with Crippen molar-refractivity contribution in [3.8, 4) is 17.0 Å². The molecule has 154 valence electrons. The van der Waals surface area contributed by atoms with Gasteiger partial charge in [0.1, 0.15) is 5.75 Å². The Bertz CT molecular complexity index is 632. The lowest BCUT2D eigenvalue weighted by Crippen LogP contribution is -1.99. The first-order valence-electron chi connectivity index (χ1n) is 11.4. The topological polar surface area (TPSA) is 22.1 Å². The Morgan fingerprint density at radius 2 is 1.64 bits per heavy atom. The number of aromatic nitrogens is 1. The van der Waals surface area contributed by atoms with Crippen LogP contribution >= 0.6 is 0 Å². The van der Waals surface area contributed by atoms with Crippen LogP contribution in [0.4, 0.5) is 0 Å². The highest BCUT2D eigenvalue weighted by Gasteiger charge is 2.02. The molecule has 0 fully saturated rings. The van der Waals surface area contributed by atoms with E-state index >= 15 is 0 Å². The Labute approximate surface area is 172 Å². The molecule has 0 aliphatic heterocycles. The normalized spacial score (nSPS) is 12.1. The molecule has 2 aromatic rings. The second kappa shape index (κ2) is 13.4. The summed E-state index contributed by atoms with van der Waals surface area (Å²) >= 11 is 0. The number of nitrogens with zero attached hydrogens (tertiary/aromatic N) is 1. The minimum Gasteiger partial charge on any atom is -0.494 e. The third kappa shape index (κ3) is 8.46. The minimum atomic E-state index is 0.807. The van der Waals surface area contributed by atoms with Crippen LogP contribution in [0.5, 0.6) is 5.75 Å². The van der Waals surface area contributed by atoms with Crippen LogP contribution in [0.3, 0.4) is 0 Å². The summed E-state index contributed by atoms with van der Waals surface area (Å²) in [6, 6.07) is 12.7. The number of rotatable bonds is 14. The van der Waals surface area contributed by atoms with Crippen molar-refractivity contribution in [3.63, 3.8) is 0 Å². The number of pyridine rings is 1. The zero-order valence-corrected chi connectivity index (χ0v) is 18.3. The quantitative estimate of drug-likeness (QED) is 0.311. The largest absolute Gasteiger partial charge is 0.494 e. The van der Waals surface area contributed by atoms with Crippen molar-refractivity contribution in [3.05, 3.63) is 48.2 Å². The van der Waals surface area contributed by atoms with Gasteiger partial charge in [0.05, 0.1) is 12.3 Å². The highest BCUT2D eigenvalue weighted by Crippen LogP contribution is 2.22. The van der Waals surface area contributed by atoms with E-state index in [2.05, 4.69) is 62.2 Å². The van der Waals surface area contributed by atoms with Gasteiger partial charge in [-0.1, -0.05) is 65.4 Å². The van der Waals surface area contributed by atoms with E-state index in [-0.39, 0.29) is 0 Å². The van der Waals surface area contributed by atoms with Gasteiger partial charge in [-0.25, -0.2) is 0 Å². The van der Waals surface area contributed by atoms with Crippen molar-refractivity contribution in [1.29, 1.82) is 0 Å². The summed E-state index contributed by atoms with van der Waals surface area (Å²) in [6.07, 6.45) is 14.8. The molecule has 0 aliphatic rings. The zero-order chi connectivity index (χ0) is 20.0. The van der Waals surface area contributed by atoms with Crippen LogP contribution in [0.15, 0.2) is 42.6 Å². The fourth-order valence-electron chi connectivity index (χ4n) is 3.39. The van der Waals surface area contributed by atoms with Crippen molar-refractivity contribution in [2.45, 2.75) is 85.0 Å². The molecule has 0 N–H and O–H groups in total. The van der Waals surface area contributed by atoms with Gasteiger partial charge in [-0.2, -0.15) is 0 Å². The van der Waals surface area contributed by atoms with E-state index in [9.17, 15) is 0 Å². The number of aryl methyl sites for hydroxylation is 1. The van der Waals surface area contributed by atoms with Crippen molar-refractivity contribution in [2.24, 2.45) is 5.92 Å². The van der Waals surface area contributed by atoms with E-state index in [1.807, 2.05) is 6.20 Å². The Kier molecular flexibility index (Phi) is 10.7. The van der Waals surface area contributed by atoms with E-state index in [1.165, 1.54) is 56.9 Å². The van der Waals surface area contributed by atoms with E-state index in [1.54, 1.807) is 0 Å². The minimum absolute atomic E-state index is 0.807. The molecule has 2 nitrogen and oxygen atoms in total. The van der Waals surface area contributed by atoms with Crippen molar-refractivity contribution in [2.75, 3.05) is 6.61 Å². The van der Waals surface area contributed by atoms with Gasteiger partial charge in [0.2, 0.25) is 0 Å². The fourth-order valence-corrected chi connectivity index (χ4v) is 3.39. The average molecular weight is 382 g/mol. The maximum atomic E-state index is 5.88. The van der Waals surface area contributed by atoms with Crippen molar-refractivity contribution >= 4 is 0 Å². The summed E-state index contributed by atoms with van der Waals surface area (Å²) in [5.74, 6) is 1.79. The molecule has 1 aromatic carbocycles. The number of hydrogen-bond donors (Lipinski definition) is 0. The Balaban J connectivity index is 1.73. The standard InChI is InChI=1S/C26H39NO/c1-4-6-7-8-9-13-23-14-19-26(27-21-23)24-15-17-25(18-16-24)28-20-11-10-12-22(3)5-2/h14-19,21-22H,4-13,20H2,1-3H3. The molecule has 0 amide bonds.